The minimum Gasteiger partial charge on any atom is -0.478 e. The van der Waals surface area contributed by atoms with Crippen molar-refractivity contribution < 1.29 is 19.4 Å². The highest BCUT2D eigenvalue weighted by molar-refractivity contribution is 5.91. The summed E-state index contributed by atoms with van der Waals surface area (Å²) < 4.78 is 5.21. The normalized spacial score (nSPS) is 16.3. The Kier molecular flexibility index (Phi) is 4.64. The maximum Gasteiger partial charge on any atom is 0.335 e. The van der Waals surface area contributed by atoms with E-state index in [4.69, 9.17) is 15.6 Å². The molecular formula is C14H19N3O4. The highest BCUT2D eigenvalue weighted by Gasteiger charge is 2.22. The zero-order valence-corrected chi connectivity index (χ0v) is 11.8. The standard InChI is InChI=1S/C14H19N3O4/c1-9(13(18)17-4-6-21-7-5-17)16-12-3-2-10(14(19)20)8-11(12)15/h2-3,8-9,16H,4-7,15H2,1H3,(H,19,20). The highest BCUT2D eigenvalue weighted by atomic mass is 16.5. The maximum absolute atomic E-state index is 12.3. The molecule has 0 saturated carbocycles. The number of benzene rings is 1. The lowest BCUT2D eigenvalue weighted by Gasteiger charge is -2.30. The Hall–Kier alpha value is -2.28. The van der Waals surface area contributed by atoms with E-state index in [-0.39, 0.29) is 11.5 Å². The van der Waals surface area contributed by atoms with Crippen LogP contribution in [0.2, 0.25) is 0 Å². The number of amides is 1. The molecule has 1 aromatic rings. The fraction of sp³-hybridized carbons (Fsp3) is 0.429. The number of carbonyl (C=O) groups excluding carboxylic acids is 1. The number of aromatic carboxylic acids is 1. The topological polar surface area (TPSA) is 105 Å². The number of nitrogens with one attached hydrogen (secondary N) is 1. The van der Waals surface area contributed by atoms with Gasteiger partial charge in [-0.25, -0.2) is 4.79 Å². The molecule has 1 aliphatic heterocycles. The lowest BCUT2D eigenvalue weighted by atomic mass is 10.1. The number of hydrogen-bond acceptors (Lipinski definition) is 5. The Balaban J connectivity index is 2.03. The number of rotatable bonds is 4. The first-order valence-corrected chi connectivity index (χ1v) is 6.75. The van der Waals surface area contributed by atoms with Gasteiger partial charge in [0.25, 0.3) is 0 Å². The number of morpholine rings is 1. The van der Waals surface area contributed by atoms with E-state index in [1.807, 2.05) is 0 Å². The summed E-state index contributed by atoms with van der Waals surface area (Å²) in [5.41, 5.74) is 6.78. The molecule has 0 aliphatic carbocycles. The predicted molar refractivity (Wildman–Crippen MR) is 78.3 cm³/mol. The number of nitrogens with two attached hydrogens (primary N) is 1. The molecule has 0 bridgehead atoms. The average molecular weight is 293 g/mol. The van der Waals surface area contributed by atoms with Crippen LogP contribution >= 0.6 is 0 Å². The molecule has 1 aromatic carbocycles. The van der Waals surface area contributed by atoms with Crippen LogP contribution in [0.15, 0.2) is 18.2 Å². The summed E-state index contributed by atoms with van der Waals surface area (Å²) in [6.07, 6.45) is 0. The van der Waals surface area contributed by atoms with Gasteiger partial charge in [-0.1, -0.05) is 0 Å². The third-order valence-corrected chi connectivity index (χ3v) is 3.36. The molecule has 7 heteroatoms. The van der Waals surface area contributed by atoms with E-state index in [2.05, 4.69) is 5.32 Å². The minimum atomic E-state index is -1.04. The summed E-state index contributed by atoms with van der Waals surface area (Å²) in [6.45, 7) is 4.01. The molecule has 0 spiro atoms. The van der Waals surface area contributed by atoms with Gasteiger partial charge in [-0.15, -0.1) is 0 Å². The number of hydrogen-bond donors (Lipinski definition) is 3. The van der Waals surface area contributed by atoms with Gasteiger partial charge < -0.3 is 25.8 Å². The van der Waals surface area contributed by atoms with Crippen molar-refractivity contribution in [3.05, 3.63) is 23.8 Å². The molecule has 0 radical (unpaired) electrons. The maximum atomic E-state index is 12.3. The van der Waals surface area contributed by atoms with E-state index >= 15 is 0 Å². The Morgan fingerprint density at radius 3 is 2.62 bits per heavy atom. The first-order valence-electron chi connectivity index (χ1n) is 6.75. The van der Waals surface area contributed by atoms with Crippen LogP contribution in [0.3, 0.4) is 0 Å². The zero-order valence-electron chi connectivity index (χ0n) is 11.8. The highest BCUT2D eigenvalue weighted by Crippen LogP contribution is 2.21. The van der Waals surface area contributed by atoms with Crippen LogP contribution in [0.25, 0.3) is 0 Å². The minimum absolute atomic E-state index is 0.0278. The van der Waals surface area contributed by atoms with E-state index in [0.29, 0.717) is 37.7 Å². The zero-order chi connectivity index (χ0) is 15.4. The third kappa shape index (κ3) is 3.63. The third-order valence-electron chi connectivity index (χ3n) is 3.36. The van der Waals surface area contributed by atoms with Crippen LogP contribution in [-0.4, -0.2) is 54.2 Å². The lowest BCUT2D eigenvalue weighted by Crippen LogP contribution is -2.47. The van der Waals surface area contributed by atoms with Crippen molar-refractivity contribution in [1.29, 1.82) is 0 Å². The van der Waals surface area contributed by atoms with Crippen LogP contribution < -0.4 is 11.1 Å². The Bertz CT molecular complexity index is 541. The van der Waals surface area contributed by atoms with Gasteiger partial charge >= 0.3 is 5.97 Å². The van der Waals surface area contributed by atoms with Crippen molar-refractivity contribution >= 4 is 23.3 Å². The number of nitrogens with zero attached hydrogens (tertiary/aromatic N) is 1. The molecule has 0 aromatic heterocycles. The Morgan fingerprint density at radius 1 is 1.38 bits per heavy atom. The van der Waals surface area contributed by atoms with Gasteiger partial charge in [0, 0.05) is 13.1 Å². The summed E-state index contributed by atoms with van der Waals surface area (Å²) in [7, 11) is 0. The molecule has 1 unspecified atom stereocenters. The second-order valence-corrected chi connectivity index (χ2v) is 4.91. The largest absolute Gasteiger partial charge is 0.478 e. The van der Waals surface area contributed by atoms with Gasteiger partial charge in [-0.3, -0.25) is 4.79 Å². The number of carbonyl (C=O) groups is 2. The first-order chi connectivity index (χ1) is 9.99. The van der Waals surface area contributed by atoms with E-state index in [1.54, 1.807) is 17.9 Å². The van der Waals surface area contributed by atoms with Gasteiger partial charge in [0.05, 0.1) is 30.2 Å². The van der Waals surface area contributed by atoms with Crippen molar-refractivity contribution in [1.82, 2.24) is 4.90 Å². The van der Waals surface area contributed by atoms with Crippen LogP contribution in [0, 0.1) is 0 Å². The predicted octanol–water partition coefficient (Wildman–Crippen LogP) is 0.626. The molecule has 1 heterocycles. The van der Waals surface area contributed by atoms with Crippen molar-refractivity contribution in [2.45, 2.75) is 13.0 Å². The summed E-state index contributed by atoms with van der Waals surface area (Å²) in [5.74, 6) is -1.06. The average Bonchev–Trinajstić information content (AvgIpc) is 2.49. The number of ether oxygens (including phenoxy) is 1. The smallest absolute Gasteiger partial charge is 0.335 e. The SMILES string of the molecule is CC(Nc1ccc(C(=O)O)cc1N)C(=O)N1CCOCC1. The van der Waals surface area contributed by atoms with Gasteiger partial charge in [-0.2, -0.15) is 0 Å². The number of anilines is 2. The monoisotopic (exact) mass is 293 g/mol. The first kappa shape index (κ1) is 15.1. The molecule has 1 amide bonds. The second kappa shape index (κ2) is 6.45. The van der Waals surface area contributed by atoms with Gasteiger partial charge in [0.2, 0.25) is 5.91 Å². The Morgan fingerprint density at radius 2 is 2.05 bits per heavy atom. The van der Waals surface area contributed by atoms with Gasteiger partial charge in [0.1, 0.15) is 6.04 Å². The molecular weight excluding hydrogens is 274 g/mol. The van der Waals surface area contributed by atoms with E-state index in [1.165, 1.54) is 12.1 Å². The summed E-state index contributed by atoms with van der Waals surface area (Å²) in [5, 5.41) is 11.9. The molecule has 4 N–H and O–H groups in total. The quantitative estimate of drug-likeness (QED) is 0.703. The van der Waals surface area contributed by atoms with Gasteiger partial charge in [-0.05, 0) is 25.1 Å². The molecule has 1 fully saturated rings. The van der Waals surface area contributed by atoms with E-state index < -0.39 is 12.0 Å². The summed E-state index contributed by atoms with van der Waals surface area (Å²) in [4.78, 5) is 24.9. The van der Waals surface area contributed by atoms with E-state index in [9.17, 15) is 9.59 Å². The van der Waals surface area contributed by atoms with Crippen molar-refractivity contribution in [2.24, 2.45) is 0 Å². The van der Waals surface area contributed by atoms with Crippen molar-refractivity contribution in [3.63, 3.8) is 0 Å². The number of nitrogen functional groups attached to an aromatic ring is 1. The Labute approximate surface area is 122 Å². The molecule has 7 nitrogen and oxygen atoms in total. The molecule has 21 heavy (non-hydrogen) atoms. The molecule has 114 valence electrons. The van der Waals surface area contributed by atoms with Crippen LogP contribution in [-0.2, 0) is 9.53 Å². The number of carboxylic acids is 1. The van der Waals surface area contributed by atoms with Crippen LogP contribution in [0.5, 0.6) is 0 Å². The van der Waals surface area contributed by atoms with Crippen LogP contribution in [0.1, 0.15) is 17.3 Å². The summed E-state index contributed by atoms with van der Waals surface area (Å²) >= 11 is 0. The molecule has 1 aliphatic rings. The summed E-state index contributed by atoms with van der Waals surface area (Å²) in [6, 6.07) is 3.95. The van der Waals surface area contributed by atoms with Crippen LogP contribution in [0.4, 0.5) is 11.4 Å². The van der Waals surface area contributed by atoms with E-state index in [0.717, 1.165) is 0 Å². The molecule has 1 atom stereocenters. The molecule has 1 saturated heterocycles. The van der Waals surface area contributed by atoms with Crippen molar-refractivity contribution in [3.8, 4) is 0 Å². The number of carboxylic acid groups (broad SMARTS) is 1. The van der Waals surface area contributed by atoms with Gasteiger partial charge in [0.15, 0.2) is 0 Å². The fourth-order valence-corrected chi connectivity index (χ4v) is 2.18. The second-order valence-electron chi connectivity index (χ2n) is 4.91. The fourth-order valence-electron chi connectivity index (χ4n) is 2.18. The van der Waals surface area contributed by atoms with Crippen molar-refractivity contribution in [2.75, 3.05) is 37.4 Å². The lowest BCUT2D eigenvalue weighted by molar-refractivity contribution is -0.135. The molecule has 2 rings (SSSR count).